The molecule has 0 bridgehead atoms. The van der Waals surface area contributed by atoms with E-state index in [-0.39, 0.29) is 36.6 Å². The van der Waals surface area contributed by atoms with Crippen molar-refractivity contribution in [3.8, 4) is 5.75 Å². The highest BCUT2D eigenvalue weighted by molar-refractivity contribution is 5.85. The van der Waals surface area contributed by atoms with Gasteiger partial charge in [0, 0.05) is 26.2 Å². The number of benzene rings is 2. The third-order valence-corrected chi connectivity index (χ3v) is 4.50. The van der Waals surface area contributed by atoms with Crippen LogP contribution in [0.4, 0.5) is 26.3 Å². The Morgan fingerprint density at radius 1 is 0.767 bits per heavy atom. The monoisotopic (exact) mass is 476 g/mol. The van der Waals surface area contributed by atoms with Crippen LogP contribution in [-0.2, 0) is 6.18 Å². The summed E-state index contributed by atoms with van der Waals surface area (Å²) in [6.45, 7) is 2.75. The van der Waals surface area contributed by atoms with Gasteiger partial charge in [0.05, 0.1) is 11.6 Å². The Hall–Kier alpha value is -1.68. The lowest BCUT2D eigenvalue weighted by atomic mass is 9.95. The molecule has 0 radical (unpaired) electrons. The van der Waals surface area contributed by atoms with Gasteiger partial charge in [-0.15, -0.1) is 38.0 Å². The molecule has 1 heterocycles. The maximum atomic E-state index is 12.9. The smallest absolute Gasteiger partial charge is 0.406 e. The summed E-state index contributed by atoms with van der Waals surface area (Å²) in [5.74, 6) is -0.345. The van der Waals surface area contributed by atoms with Crippen molar-refractivity contribution >= 4 is 24.8 Å². The fourth-order valence-electron chi connectivity index (χ4n) is 3.26. The summed E-state index contributed by atoms with van der Waals surface area (Å²) < 4.78 is 79.5. The van der Waals surface area contributed by atoms with E-state index in [1.807, 2.05) is 0 Å². The van der Waals surface area contributed by atoms with E-state index in [9.17, 15) is 26.3 Å². The van der Waals surface area contributed by atoms with E-state index < -0.39 is 18.1 Å². The lowest BCUT2D eigenvalue weighted by Crippen LogP contribution is -2.45. The summed E-state index contributed by atoms with van der Waals surface area (Å²) in [5.41, 5.74) is 0.569. The van der Waals surface area contributed by atoms with E-state index >= 15 is 0 Å². The molecule has 3 nitrogen and oxygen atoms in total. The number of hydrogen-bond acceptors (Lipinski definition) is 3. The van der Waals surface area contributed by atoms with E-state index in [1.54, 1.807) is 0 Å². The lowest BCUT2D eigenvalue weighted by Gasteiger charge is -2.35. The van der Waals surface area contributed by atoms with E-state index in [4.69, 9.17) is 0 Å². The van der Waals surface area contributed by atoms with Gasteiger partial charge in [-0.2, -0.15) is 13.2 Å². The molecule has 0 aliphatic carbocycles. The SMILES string of the molecule is Cl.Cl.FC(F)(F)Oc1ccc([C@@H](c2ccc(C(F)(F)F)cc2)N2CCNCC2)cc1. The maximum Gasteiger partial charge on any atom is 0.573 e. The molecule has 1 fully saturated rings. The van der Waals surface area contributed by atoms with Crippen molar-refractivity contribution in [2.24, 2.45) is 0 Å². The number of rotatable bonds is 4. The van der Waals surface area contributed by atoms with Crippen LogP contribution in [0, 0.1) is 0 Å². The second kappa shape index (κ2) is 10.6. The van der Waals surface area contributed by atoms with Gasteiger partial charge in [-0.1, -0.05) is 24.3 Å². The Morgan fingerprint density at radius 2 is 1.23 bits per heavy atom. The third kappa shape index (κ3) is 6.94. The number of nitrogens with zero attached hydrogens (tertiary/aromatic N) is 1. The van der Waals surface area contributed by atoms with Gasteiger partial charge in [0.1, 0.15) is 5.75 Å². The third-order valence-electron chi connectivity index (χ3n) is 4.50. The minimum Gasteiger partial charge on any atom is -0.406 e. The fraction of sp³-hybridized carbons (Fsp3) is 0.368. The minimum absolute atomic E-state index is 0. The standard InChI is InChI=1S/C19H18F6N2O.2ClH/c20-18(21,22)15-5-1-13(2-6-15)17(27-11-9-26-10-12-27)14-3-7-16(8-4-14)28-19(23,24)25;;/h1-8,17,26H,9-12H2;2*1H/t17-;;/m1../s1. The van der Waals surface area contributed by atoms with Crippen molar-refractivity contribution in [3.05, 3.63) is 65.2 Å². The molecule has 0 aromatic heterocycles. The Balaban J connectivity index is 0.00000225. The molecule has 0 spiro atoms. The van der Waals surface area contributed by atoms with Crippen LogP contribution in [-0.4, -0.2) is 37.4 Å². The highest BCUT2D eigenvalue weighted by Crippen LogP contribution is 2.34. The largest absolute Gasteiger partial charge is 0.573 e. The van der Waals surface area contributed by atoms with Crippen molar-refractivity contribution < 1.29 is 31.1 Å². The maximum absolute atomic E-state index is 12.9. The zero-order chi connectivity index (χ0) is 20.4. The summed E-state index contributed by atoms with van der Waals surface area (Å²) in [7, 11) is 0. The van der Waals surface area contributed by atoms with Crippen LogP contribution in [0.2, 0.25) is 0 Å². The van der Waals surface area contributed by atoms with Crippen LogP contribution in [0.15, 0.2) is 48.5 Å². The molecule has 1 saturated heterocycles. The molecule has 168 valence electrons. The van der Waals surface area contributed by atoms with Crippen molar-refractivity contribution in [1.29, 1.82) is 0 Å². The van der Waals surface area contributed by atoms with E-state index in [0.717, 1.165) is 12.1 Å². The summed E-state index contributed by atoms with van der Waals surface area (Å²) in [4.78, 5) is 2.08. The molecule has 1 atom stereocenters. The second-order valence-electron chi connectivity index (χ2n) is 6.43. The highest BCUT2D eigenvalue weighted by atomic mass is 35.5. The van der Waals surface area contributed by atoms with Gasteiger partial charge >= 0.3 is 12.5 Å². The van der Waals surface area contributed by atoms with Crippen LogP contribution in [0.1, 0.15) is 22.7 Å². The molecule has 30 heavy (non-hydrogen) atoms. The molecular weight excluding hydrogens is 457 g/mol. The zero-order valence-electron chi connectivity index (χ0n) is 15.5. The summed E-state index contributed by atoms with van der Waals surface area (Å²) in [6, 6.07) is 9.92. The molecule has 1 aliphatic heterocycles. The number of nitrogens with one attached hydrogen (secondary N) is 1. The zero-order valence-corrected chi connectivity index (χ0v) is 17.1. The molecule has 3 rings (SSSR count). The highest BCUT2D eigenvalue weighted by Gasteiger charge is 2.32. The first kappa shape index (κ1) is 26.4. The second-order valence-corrected chi connectivity index (χ2v) is 6.43. The van der Waals surface area contributed by atoms with Crippen LogP contribution in [0.25, 0.3) is 0 Å². The topological polar surface area (TPSA) is 24.5 Å². The van der Waals surface area contributed by atoms with Crippen molar-refractivity contribution in [2.45, 2.75) is 18.6 Å². The molecule has 2 aromatic carbocycles. The Labute approximate surface area is 182 Å². The summed E-state index contributed by atoms with van der Waals surface area (Å²) in [5, 5.41) is 3.20. The van der Waals surface area contributed by atoms with Crippen molar-refractivity contribution in [2.75, 3.05) is 26.2 Å². The molecule has 0 amide bonds. The van der Waals surface area contributed by atoms with E-state index in [1.165, 1.54) is 36.4 Å². The van der Waals surface area contributed by atoms with Crippen LogP contribution < -0.4 is 10.1 Å². The van der Waals surface area contributed by atoms with Gasteiger partial charge < -0.3 is 10.1 Å². The predicted molar refractivity (Wildman–Crippen MR) is 105 cm³/mol. The van der Waals surface area contributed by atoms with Gasteiger partial charge in [-0.25, -0.2) is 0 Å². The number of hydrogen-bond donors (Lipinski definition) is 1. The molecule has 0 unspecified atom stereocenters. The summed E-state index contributed by atoms with van der Waals surface area (Å²) >= 11 is 0. The molecule has 1 aliphatic rings. The average molecular weight is 477 g/mol. The summed E-state index contributed by atoms with van der Waals surface area (Å²) in [6.07, 6.45) is -9.22. The van der Waals surface area contributed by atoms with Crippen LogP contribution in [0.5, 0.6) is 5.75 Å². The molecule has 11 heteroatoms. The number of ether oxygens (including phenoxy) is 1. The quantitative estimate of drug-likeness (QED) is 0.594. The normalized spacial score (nSPS) is 16.2. The predicted octanol–water partition coefficient (Wildman–Crippen LogP) is 5.44. The Kier molecular flexibility index (Phi) is 9.28. The molecular formula is C19H20Cl2F6N2O. The van der Waals surface area contributed by atoms with E-state index in [2.05, 4.69) is 15.0 Å². The van der Waals surface area contributed by atoms with E-state index in [0.29, 0.717) is 37.3 Å². The molecule has 1 N–H and O–H groups in total. The van der Waals surface area contributed by atoms with Crippen LogP contribution >= 0.6 is 24.8 Å². The molecule has 2 aromatic rings. The van der Waals surface area contributed by atoms with Gasteiger partial charge in [0.25, 0.3) is 0 Å². The Morgan fingerprint density at radius 3 is 1.67 bits per heavy atom. The first-order valence-corrected chi connectivity index (χ1v) is 8.61. The first-order valence-electron chi connectivity index (χ1n) is 8.61. The number of piperazine rings is 1. The lowest BCUT2D eigenvalue weighted by molar-refractivity contribution is -0.274. The van der Waals surface area contributed by atoms with Crippen molar-refractivity contribution in [3.63, 3.8) is 0 Å². The van der Waals surface area contributed by atoms with Crippen molar-refractivity contribution in [1.82, 2.24) is 10.2 Å². The number of halogens is 8. The molecule has 0 saturated carbocycles. The first-order chi connectivity index (χ1) is 13.1. The fourth-order valence-corrected chi connectivity index (χ4v) is 3.26. The van der Waals surface area contributed by atoms with Gasteiger partial charge in [-0.3, -0.25) is 4.90 Å². The van der Waals surface area contributed by atoms with Gasteiger partial charge in [-0.05, 0) is 35.4 Å². The van der Waals surface area contributed by atoms with Crippen LogP contribution in [0.3, 0.4) is 0 Å². The number of alkyl halides is 6. The average Bonchev–Trinajstić information content (AvgIpc) is 2.63. The Bertz CT molecular complexity index is 776. The minimum atomic E-state index is -4.78. The van der Waals surface area contributed by atoms with Gasteiger partial charge in [0.2, 0.25) is 0 Å². The van der Waals surface area contributed by atoms with Gasteiger partial charge in [0.15, 0.2) is 0 Å².